The van der Waals surface area contributed by atoms with Crippen molar-refractivity contribution >= 4 is 29.5 Å². The van der Waals surface area contributed by atoms with Crippen molar-refractivity contribution in [2.75, 3.05) is 0 Å². The fraction of sp³-hybridized carbons (Fsp3) is 0.219. The Morgan fingerprint density at radius 1 is 0.923 bits per heavy atom. The summed E-state index contributed by atoms with van der Waals surface area (Å²) >= 11 is 1.44. The molecule has 2 aliphatic heterocycles. The maximum atomic E-state index is 13.9. The van der Waals surface area contributed by atoms with Gasteiger partial charge in [-0.3, -0.25) is 9.59 Å². The van der Waals surface area contributed by atoms with Gasteiger partial charge in [-0.15, -0.1) is 11.8 Å². The monoisotopic (exact) mass is 538 g/mol. The summed E-state index contributed by atoms with van der Waals surface area (Å²) in [7, 11) is 0. The minimum absolute atomic E-state index is 0.181. The molecule has 2 aliphatic rings. The van der Waals surface area contributed by atoms with E-state index in [2.05, 4.69) is 11.9 Å². The predicted octanol–water partition coefficient (Wildman–Crippen LogP) is 5.18. The number of thioether (sulfide) groups is 1. The number of carbonyl (C=O) groups excluding carboxylic acids is 3. The molecule has 0 spiro atoms. The van der Waals surface area contributed by atoms with Gasteiger partial charge < -0.3 is 15.0 Å². The van der Waals surface area contributed by atoms with Gasteiger partial charge in [0.1, 0.15) is 11.4 Å². The van der Waals surface area contributed by atoms with Crippen molar-refractivity contribution in [2.24, 2.45) is 0 Å². The first kappa shape index (κ1) is 26.5. The lowest BCUT2D eigenvalue weighted by atomic mass is 9.94. The lowest BCUT2D eigenvalue weighted by Gasteiger charge is -2.52. The first-order valence-corrected chi connectivity index (χ1v) is 13.8. The van der Waals surface area contributed by atoms with E-state index in [4.69, 9.17) is 4.74 Å². The maximum absolute atomic E-state index is 13.9. The van der Waals surface area contributed by atoms with Crippen LogP contribution in [0.1, 0.15) is 36.1 Å². The largest absolute Gasteiger partial charge is 0.451 e. The van der Waals surface area contributed by atoms with Gasteiger partial charge >= 0.3 is 5.97 Å². The molecule has 7 heteroatoms. The second kappa shape index (κ2) is 11.7. The molecule has 3 aromatic carbocycles. The summed E-state index contributed by atoms with van der Waals surface area (Å²) in [6.45, 7) is 5.90. The van der Waals surface area contributed by atoms with Gasteiger partial charge in [-0.1, -0.05) is 103 Å². The van der Waals surface area contributed by atoms with E-state index in [1.807, 2.05) is 103 Å². The highest BCUT2D eigenvalue weighted by molar-refractivity contribution is 8.02. The van der Waals surface area contributed by atoms with Gasteiger partial charge in [0.15, 0.2) is 12.1 Å². The first-order valence-electron chi connectivity index (χ1n) is 12.9. The van der Waals surface area contributed by atoms with Gasteiger partial charge in [0, 0.05) is 0 Å². The van der Waals surface area contributed by atoms with E-state index >= 15 is 0 Å². The first-order chi connectivity index (χ1) is 18.9. The normalized spacial score (nSPS) is 19.9. The van der Waals surface area contributed by atoms with Crippen molar-refractivity contribution in [2.45, 2.75) is 43.3 Å². The molecule has 1 N–H and O–H groups in total. The lowest BCUT2D eigenvalue weighted by molar-refractivity contribution is -0.165. The van der Waals surface area contributed by atoms with E-state index in [1.165, 1.54) is 11.8 Å². The van der Waals surface area contributed by atoms with Crippen LogP contribution < -0.4 is 5.32 Å². The summed E-state index contributed by atoms with van der Waals surface area (Å²) in [5.41, 5.74) is 4.18. The number of fused-ring (bicyclic) bond motifs is 1. The van der Waals surface area contributed by atoms with E-state index in [0.717, 1.165) is 27.8 Å². The van der Waals surface area contributed by atoms with Crippen LogP contribution in [0, 0.1) is 0 Å². The quantitative estimate of drug-likeness (QED) is 0.231. The molecular weight excluding hydrogens is 508 g/mol. The number of benzene rings is 3. The summed E-state index contributed by atoms with van der Waals surface area (Å²) in [5, 5.41) is 4.40. The molecule has 0 unspecified atom stereocenters. The Morgan fingerprint density at radius 3 is 2.05 bits per heavy atom. The van der Waals surface area contributed by atoms with Crippen LogP contribution >= 0.6 is 11.8 Å². The number of β-lactam (4-membered cyclic amide) rings is 1. The molecule has 0 saturated carbocycles. The fourth-order valence-corrected chi connectivity index (χ4v) is 6.19. The Morgan fingerprint density at radius 2 is 1.49 bits per heavy atom. The highest BCUT2D eigenvalue weighted by Crippen LogP contribution is 2.42. The molecule has 5 rings (SSSR count). The van der Waals surface area contributed by atoms with E-state index in [0.29, 0.717) is 6.42 Å². The molecule has 2 heterocycles. The van der Waals surface area contributed by atoms with Crippen LogP contribution in [0.15, 0.2) is 114 Å². The van der Waals surface area contributed by atoms with Crippen LogP contribution in [0.3, 0.4) is 0 Å². The highest BCUT2D eigenvalue weighted by Gasteiger charge is 2.56. The molecule has 0 bridgehead atoms. The third-order valence-corrected chi connectivity index (χ3v) is 7.98. The Kier molecular flexibility index (Phi) is 7.98. The average molecular weight is 539 g/mol. The molecule has 0 aliphatic carbocycles. The zero-order chi connectivity index (χ0) is 27.4. The molecule has 3 aromatic rings. The number of esters is 1. The van der Waals surface area contributed by atoms with Crippen molar-refractivity contribution < 1.29 is 19.1 Å². The smallest absolute Gasteiger partial charge is 0.334 e. The molecule has 39 heavy (non-hydrogen) atoms. The number of allylic oxidation sites excluding steroid dienone is 1. The number of nitrogens with zero attached hydrogens (tertiary/aromatic N) is 1. The van der Waals surface area contributed by atoms with Gasteiger partial charge in [0.05, 0.1) is 6.42 Å². The molecule has 3 atom stereocenters. The standard InChI is InChI=1S/C32H30N2O4S/c1-21(2)18-25-20-39-31-27(33-26(35)19-22-12-6-3-7-13-22)30(36)34(31)28(25)32(37)38-29(23-14-8-4-9-15-23)24-16-10-5-11-17-24/h3-17,20,27-29,31H,1,18-19H2,2H3,(H,33,35)/t27-,28-,31-/m1/s1. The number of hydrogen-bond donors (Lipinski definition) is 1. The van der Waals surface area contributed by atoms with Crippen molar-refractivity contribution in [1.29, 1.82) is 0 Å². The van der Waals surface area contributed by atoms with Crippen molar-refractivity contribution in [3.8, 4) is 0 Å². The highest BCUT2D eigenvalue weighted by atomic mass is 32.2. The van der Waals surface area contributed by atoms with Crippen molar-refractivity contribution in [3.05, 3.63) is 131 Å². The predicted molar refractivity (Wildman–Crippen MR) is 152 cm³/mol. The van der Waals surface area contributed by atoms with Crippen molar-refractivity contribution in [3.63, 3.8) is 0 Å². The summed E-state index contributed by atoms with van der Waals surface area (Å²) in [6, 6.07) is 26.9. The van der Waals surface area contributed by atoms with Crippen LogP contribution in [0.4, 0.5) is 0 Å². The van der Waals surface area contributed by atoms with E-state index in [1.54, 1.807) is 4.90 Å². The third-order valence-electron chi connectivity index (χ3n) is 6.76. The minimum Gasteiger partial charge on any atom is -0.451 e. The van der Waals surface area contributed by atoms with E-state index in [-0.39, 0.29) is 18.2 Å². The summed E-state index contributed by atoms with van der Waals surface area (Å²) in [5.74, 6) is -1.03. The number of carbonyl (C=O) groups is 3. The molecule has 6 nitrogen and oxygen atoms in total. The van der Waals surface area contributed by atoms with E-state index < -0.39 is 29.5 Å². The maximum Gasteiger partial charge on any atom is 0.334 e. The zero-order valence-corrected chi connectivity index (χ0v) is 22.5. The Balaban J connectivity index is 1.37. The fourth-order valence-electron chi connectivity index (χ4n) is 4.96. The van der Waals surface area contributed by atoms with Gasteiger partial charge in [-0.05, 0) is 41.0 Å². The number of nitrogens with one attached hydrogen (secondary N) is 1. The summed E-state index contributed by atoms with van der Waals surface area (Å²) in [4.78, 5) is 41.5. The second-order valence-electron chi connectivity index (χ2n) is 9.85. The topological polar surface area (TPSA) is 75.7 Å². The Bertz CT molecular complexity index is 1350. The number of hydrogen-bond acceptors (Lipinski definition) is 5. The zero-order valence-electron chi connectivity index (χ0n) is 21.7. The van der Waals surface area contributed by atoms with Crippen molar-refractivity contribution in [1.82, 2.24) is 10.2 Å². The molecule has 0 radical (unpaired) electrons. The van der Waals surface area contributed by atoms with E-state index in [9.17, 15) is 14.4 Å². The minimum atomic E-state index is -0.891. The molecule has 0 aromatic heterocycles. The molecule has 198 valence electrons. The summed E-state index contributed by atoms with van der Waals surface area (Å²) in [6.07, 6.45) is 0.0205. The van der Waals surface area contributed by atoms with Crippen LogP contribution in [0.5, 0.6) is 0 Å². The molecule has 1 fully saturated rings. The molecule has 2 amide bonds. The molecule has 1 saturated heterocycles. The van der Waals surface area contributed by atoms with Gasteiger partial charge in [-0.2, -0.15) is 0 Å². The molecular formula is C32H30N2O4S. The van der Waals surface area contributed by atoms with Gasteiger partial charge in [0.2, 0.25) is 11.8 Å². The lowest BCUT2D eigenvalue weighted by Crippen LogP contribution is -2.74. The SMILES string of the molecule is C=C(C)CC1=CS[C@@H]2[C@H](NC(=O)Cc3ccccc3)C(=O)N2[C@H]1C(=O)OC(c1ccccc1)c1ccccc1. The Labute approximate surface area is 232 Å². The Hall–Kier alpha value is -4.10. The second-order valence-corrected chi connectivity index (χ2v) is 10.8. The number of amides is 2. The summed E-state index contributed by atoms with van der Waals surface area (Å²) < 4.78 is 6.17. The van der Waals surface area contributed by atoms with Crippen LogP contribution in [-0.4, -0.2) is 40.1 Å². The van der Waals surface area contributed by atoms with Crippen LogP contribution in [-0.2, 0) is 25.5 Å². The third kappa shape index (κ3) is 5.83. The van der Waals surface area contributed by atoms with Crippen LogP contribution in [0.25, 0.3) is 0 Å². The van der Waals surface area contributed by atoms with Gasteiger partial charge in [-0.25, -0.2) is 4.79 Å². The number of ether oxygens (including phenoxy) is 1. The average Bonchev–Trinajstić information content (AvgIpc) is 2.95. The number of rotatable bonds is 9. The van der Waals surface area contributed by atoms with Crippen LogP contribution in [0.2, 0.25) is 0 Å². The van der Waals surface area contributed by atoms with Gasteiger partial charge in [0.25, 0.3) is 0 Å².